The van der Waals surface area contributed by atoms with Crippen LogP contribution in [-0.2, 0) is 6.42 Å². The van der Waals surface area contributed by atoms with E-state index in [9.17, 15) is 0 Å². The molecule has 0 spiro atoms. The zero-order valence-corrected chi connectivity index (χ0v) is 12.3. The van der Waals surface area contributed by atoms with Gasteiger partial charge in [0.05, 0.1) is 19.6 Å². The highest BCUT2D eigenvalue weighted by atomic mass is 35.5. The second-order valence-corrected chi connectivity index (χ2v) is 5.70. The molecule has 2 unspecified atom stereocenters. The molecule has 0 aliphatic heterocycles. The molecular formula is C15H21ClO2. The Morgan fingerprint density at radius 2 is 2.00 bits per heavy atom. The van der Waals surface area contributed by atoms with Crippen LogP contribution in [-0.4, -0.2) is 14.2 Å². The van der Waals surface area contributed by atoms with Gasteiger partial charge in [-0.2, -0.15) is 0 Å². The van der Waals surface area contributed by atoms with Gasteiger partial charge in [-0.25, -0.2) is 0 Å². The molecule has 2 nitrogen and oxygen atoms in total. The Hall–Kier alpha value is -0.890. The molecule has 2 rings (SSSR count). The summed E-state index contributed by atoms with van der Waals surface area (Å²) in [6.07, 6.45) is 3.26. The molecule has 1 aromatic rings. The van der Waals surface area contributed by atoms with Gasteiger partial charge in [0, 0.05) is 5.56 Å². The van der Waals surface area contributed by atoms with Crippen LogP contribution in [0, 0.1) is 12.8 Å². The Balaban J connectivity index is 2.62. The molecule has 0 bridgehead atoms. The normalized spacial score (nSPS) is 23.2. The van der Waals surface area contributed by atoms with Gasteiger partial charge in [0.2, 0.25) is 0 Å². The van der Waals surface area contributed by atoms with Crippen molar-refractivity contribution >= 4 is 11.6 Å². The molecule has 0 fully saturated rings. The average Bonchev–Trinajstić information content (AvgIpc) is 2.49. The molecule has 0 radical (unpaired) electrons. The number of benzene rings is 1. The minimum atomic E-state index is 0.0150. The van der Waals surface area contributed by atoms with Crippen molar-refractivity contribution in [2.45, 2.75) is 38.5 Å². The number of aryl methyl sites for hydroxylation is 1. The summed E-state index contributed by atoms with van der Waals surface area (Å²) < 4.78 is 11.0. The predicted molar refractivity (Wildman–Crippen MR) is 75.0 cm³/mol. The lowest BCUT2D eigenvalue weighted by Gasteiger charge is -2.20. The number of rotatable bonds is 2. The van der Waals surface area contributed by atoms with E-state index < -0.39 is 0 Å². The Kier molecular flexibility index (Phi) is 4.06. The van der Waals surface area contributed by atoms with Gasteiger partial charge in [-0.1, -0.05) is 6.92 Å². The number of methoxy groups -OCH3 is 2. The summed E-state index contributed by atoms with van der Waals surface area (Å²) in [4.78, 5) is 0. The quantitative estimate of drug-likeness (QED) is 0.589. The zero-order chi connectivity index (χ0) is 13.3. The third-order valence-corrected chi connectivity index (χ3v) is 4.25. The largest absolute Gasteiger partial charge is 0.493 e. The van der Waals surface area contributed by atoms with Gasteiger partial charge in [0.15, 0.2) is 11.5 Å². The Labute approximate surface area is 114 Å². The van der Waals surface area contributed by atoms with Crippen molar-refractivity contribution in [2.75, 3.05) is 14.2 Å². The topological polar surface area (TPSA) is 18.5 Å². The van der Waals surface area contributed by atoms with Crippen LogP contribution in [0.15, 0.2) is 6.07 Å². The first-order valence-electron chi connectivity index (χ1n) is 6.46. The number of ether oxygens (including phenoxy) is 2. The standard InChI is InChI=1S/C15H21ClO2/c1-9-5-6-11-10(2)8-13(17-3)15(18-4)14(11)12(16)7-9/h8-9,12H,5-7H2,1-4H3. The van der Waals surface area contributed by atoms with Crippen LogP contribution in [0.25, 0.3) is 0 Å². The molecule has 0 saturated carbocycles. The smallest absolute Gasteiger partial charge is 0.165 e. The van der Waals surface area contributed by atoms with Crippen molar-refractivity contribution in [3.8, 4) is 11.5 Å². The molecule has 1 aliphatic carbocycles. The summed E-state index contributed by atoms with van der Waals surface area (Å²) in [5, 5.41) is 0.0150. The van der Waals surface area contributed by atoms with Gasteiger partial charge >= 0.3 is 0 Å². The van der Waals surface area contributed by atoms with Gasteiger partial charge in [-0.3, -0.25) is 0 Å². The number of hydrogen-bond donors (Lipinski definition) is 0. The lowest BCUT2D eigenvalue weighted by Crippen LogP contribution is -2.03. The van der Waals surface area contributed by atoms with E-state index in [0.717, 1.165) is 29.9 Å². The van der Waals surface area contributed by atoms with E-state index in [1.165, 1.54) is 17.5 Å². The first kappa shape index (κ1) is 13.5. The van der Waals surface area contributed by atoms with Crippen LogP contribution in [0.4, 0.5) is 0 Å². The van der Waals surface area contributed by atoms with E-state index in [4.69, 9.17) is 21.1 Å². The maximum absolute atomic E-state index is 6.60. The number of alkyl halides is 1. The number of hydrogen-bond acceptors (Lipinski definition) is 2. The molecule has 18 heavy (non-hydrogen) atoms. The summed E-state index contributed by atoms with van der Waals surface area (Å²) in [5.41, 5.74) is 3.74. The van der Waals surface area contributed by atoms with E-state index in [0.29, 0.717) is 5.92 Å². The first-order valence-corrected chi connectivity index (χ1v) is 6.90. The highest BCUT2D eigenvalue weighted by Crippen LogP contribution is 2.46. The van der Waals surface area contributed by atoms with Gasteiger partial charge in [-0.05, 0) is 49.3 Å². The van der Waals surface area contributed by atoms with E-state index in [1.54, 1.807) is 14.2 Å². The van der Waals surface area contributed by atoms with E-state index in [2.05, 4.69) is 19.9 Å². The lowest BCUT2D eigenvalue weighted by atomic mass is 9.96. The van der Waals surface area contributed by atoms with Gasteiger partial charge in [0.25, 0.3) is 0 Å². The lowest BCUT2D eigenvalue weighted by molar-refractivity contribution is 0.350. The minimum absolute atomic E-state index is 0.0150. The van der Waals surface area contributed by atoms with Crippen molar-refractivity contribution in [3.05, 3.63) is 22.8 Å². The van der Waals surface area contributed by atoms with E-state index >= 15 is 0 Å². The van der Waals surface area contributed by atoms with Gasteiger partial charge < -0.3 is 9.47 Å². The van der Waals surface area contributed by atoms with Crippen LogP contribution < -0.4 is 9.47 Å². The predicted octanol–water partition coefficient (Wildman–Crippen LogP) is 4.26. The molecule has 0 saturated heterocycles. The van der Waals surface area contributed by atoms with Gasteiger partial charge in [0.1, 0.15) is 0 Å². The fourth-order valence-electron chi connectivity index (χ4n) is 2.84. The number of halogens is 1. The van der Waals surface area contributed by atoms with E-state index in [1.807, 2.05) is 0 Å². The van der Waals surface area contributed by atoms with Crippen molar-refractivity contribution in [1.29, 1.82) is 0 Å². The maximum Gasteiger partial charge on any atom is 0.165 e. The molecule has 100 valence electrons. The van der Waals surface area contributed by atoms with Crippen LogP contribution in [0.3, 0.4) is 0 Å². The van der Waals surface area contributed by atoms with Crippen LogP contribution >= 0.6 is 11.6 Å². The SMILES string of the molecule is COc1cc(C)c2c(c1OC)C(Cl)CC(C)CC2. The summed E-state index contributed by atoms with van der Waals surface area (Å²) in [5.74, 6) is 2.25. The van der Waals surface area contributed by atoms with Gasteiger partial charge in [-0.15, -0.1) is 11.6 Å². The average molecular weight is 269 g/mol. The molecular weight excluding hydrogens is 248 g/mol. The third-order valence-electron chi connectivity index (χ3n) is 3.85. The Morgan fingerprint density at radius 1 is 1.28 bits per heavy atom. The summed E-state index contributed by atoms with van der Waals surface area (Å²) >= 11 is 6.60. The maximum atomic E-state index is 6.60. The van der Waals surface area contributed by atoms with Crippen molar-refractivity contribution in [1.82, 2.24) is 0 Å². The Morgan fingerprint density at radius 3 is 2.61 bits per heavy atom. The molecule has 2 atom stereocenters. The Bertz CT molecular complexity index is 443. The monoisotopic (exact) mass is 268 g/mol. The minimum Gasteiger partial charge on any atom is -0.493 e. The van der Waals surface area contributed by atoms with Crippen LogP contribution in [0.2, 0.25) is 0 Å². The second-order valence-electron chi connectivity index (χ2n) is 5.17. The molecule has 0 heterocycles. The molecule has 0 N–H and O–H groups in total. The van der Waals surface area contributed by atoms with Crippen LogP contribution in [0.5, 0.6) is 11.5 Å². The second kappa shape index (κ2) is 5.40. The third kappa shape index (κ3) is 2.31. The highest BCUT2D eigenvalue weighted by Gasteiger charge is 2.27. The first-order chi connectivity index (χ1) is 8.58. The zero-order valence-electron chi connectivity index (χ0n) is 11.5. The molecule has 1 aromatic carbocycles. The molecule has 3 heteroatoms. The molecule has 1 aliphatic rings. The van der Waals surface area contributed by atoms with E-state index in [-0.39, 0.29) is 5.38 Å². The van der Waals surface area contributed by atoms with Crippen molar-refractivity contribution < 1.29 is 9.47 Å². The highest BCUT2D eigenvalue weighted by molar-refractivity contribution is 6.21. The fourth-order valence-corrected chi connectivity index (χ4v) is 3.37. The summed E-state index contributed by atoms with van der Waals surface area (Å²) in [6, 6.07) is 2.05. The van der Waals surface area contributed by atoms with Crippen molar-refractivity contribution in [3.63, 3.8) is 0 Å². The van der Waals surface area contributed by atoms with Crippen LogP contribution in [0.1, 0.15) is 41.8 Å². The fraction of sp³-hybridized carbons (Fsp3) is 0.600. The summed E-state index contributed by atoms with van der Waals surface area (Å²) in [6.45, 7) is 4.39. The van der Waals surface area contributed by atoms with Crippen molar-refractivity contribution in [2.24, 2.45) is 5.92 Å². The number of fused-ring (bicyclic) bond motifs is 1. The molecule has 0 amide bonds. The molecule has 0 aromatic heterocycles. The summed E-state index contributed by atoms with van der Waals surface area (Å²) in [7, 11) is 3.36.